The summed E-state index contributed by atoms with van der Waals surface area (Å²) in [6.07, 6.45) is 1.08. The van der Waals surface area contributed by atoms with Gasteiger partial charge in [-0.15, -0.1) is 0 Å². The van der Waals surface area contributed by atoms with Gasteiger partial charge in [-0.05, 0) is 34.7 Å². The molecule has 0 radical (unpaired) electrons. The zero-order chi connectivity index (χ0) is 28.4. The van der Waals surface area contributed by atoms with Crippen molar-refractivity contribution < 1.29 is 22.7 Å². The zero-order valence-corrected chi connectivity index (χ0v) is 23.7. The molecule has 0 aliphatic rings. The summed E-state index contributed by atoms with van der Waals surface area (Å²) in [7, 11) is -2.17. The molecule has 0 saturated heterocycles. The van der Waals surface area contributed by atoms with Crippen LogP contribution in [0.5, 0.6) is 5.75 Å². The average Bonchev–Trinajstić information content (AvgIpc) is 2.92. The van der Waals surface area contributed by atoms with E-state index in [2.05, 4.69) is 5.32 Å². The van der Waals surface area contributed by atoms with E-state index < -0.39 is 28.5 Å². The Morgan fingerprint density at radius 3 is 1.95 bits per heavy atom. The number of rotatable bonds is 13. The predicted molar refractivity (Wildman–Crippen MR) is 152 cm³/mol. The van der Waals surface area contributed by atoms with Crippen LogP contribution >= 0.6 is 0 Å². The van der Waals surface area contributed by atoms with E-state index in [0.29, 0.717) is 17.9 Å². The average molecular weight is 552 g/mol. The van der Waals surface area contributed by atoms with Gasteiger partial charge in [0.05, 0.1) is 19.9 Å². The first-order chi connectivity index (χ1) is 18.6. The highest BCUT2D eigenvalue weighted by Crippen LogP contribution is 2.25. The van der Waals surface area contributed by atoms with Gasteiger partial charge in [0.15, 0.2) is 0 Å². The molecule has 1 N–H and O–H groups in total. The van der Waals surface area contributed by atoms with Crippen LogP contribution in [0.3, 0.4) is 0 Å². The lowest BCUT2D eigenvalue weighted by Gasteiger charge is -2.33. The van der Waals surface area contributed by atoms with E-state index in [0.717, 1.165) is 21.7 Å². The highest BCUT2D eigenvalue weighted by Gasteiger charge is 2.33. The quantitative estimate of drug-likeness (QED) is 0.347. The third kappa shape index (κ3) is 8.94. The Balaban J connectivity index is 2.01. The Hall–Kier alpha value is -3.69. The zero-order valence-electron chi connectivity index (χ0n) is 22.9. The number of amides is 2. The van der Waals surface area contributed by atoms with Crippen LogP contribution in [0, 0.1) is 5.92 Å². The summed E-state index contributed by atoms with van der Waals surface area (Å²) >= 11 is 0. The number of ether oxygens (including phenoxy) is 1. The molecule has 3 rings (SSSR count). The lowest BCUT2D eigenvalue weighted by Crippen LogP contribution is -2.48. The van der Waals surface area contributed by atoms with Crippen molar-refractivity contribution in [1.29, 1.82) is 0 Å². The lowest BCUT2D eigenvalue weighted by molar-refractivity contribution is -0.141. The topological polar surface area (TPSA) is 96.0 Å². The summed E-state index contributed by atoms with van der Waals surface area (Å²) in [4.78, 5) is 29.0. The summed E-state index contributed by atoms with van der Waals surface area (Å²) < 4.78 is 31.9. The molecule has 0 spiro atoms. The number of carbonyl (C=O) groups is 2. The van der Waals surface area contributed by atoms with Crippen molar-refractivity contribution >= 4 is 21.8 Å². The van der Waals surface area contributed by atoms with Gasteiger partial charge in [-0.1, -0.05) is 86.6 Å². The van der Waals surface area contributed by atoms with E-state index in [1.807, 2.05) is 74.5 Å². The highest BCUT2D eigenvalue weighted by molar-refractivity contribution is 7.88. The maximum absolute atomic E-state index is 14.0. The van der Waals surface area contributed by atoms with Crippen LogP contribution in [0.2, 0.25) is 0 Å². The fourth-order valence-electron chi connectivity index (χ4n) is 4.08. The van der Waals surface area contributed by atoms with Crippen molar-refractivity contribution in [2.45, 2.75) is 33.0 Å². The Kier molecular flexibility index (Phi) is 10.7. The van der Waals surface area contributed by atoms with Crippen molar-refractivity contribution in [1.82, 2.24) is 14.5 Å². The van der Waals surface area contributed by atoms with Gasteiger partial charge < -0.3 is 15.0 Å². The minimum atomic E-state index is -3.74. The molecule has 39 heavy (non-hydrogen) atoms. The summed E-state index contributed by atoms with van der Waals surface area (Å²) in [5.74, 6) is 0.0613. The monoisotopic (exact) mass is 551 g/mol. The number of methoxy groups -OCH3 is 1. The summed E-state index contributed by atoms with van der Waals surface area (Å²) in [5.41, 5.74) is 2.16. The molecule has 9 heteroatoms. The van der Waals surface area contributed by atoms with Crippen molar-refractivity contribution in [2.24, 2.45) is 5.92 Å². The van der Waals surface area contributed by atoms with Gasteiger partial charge in [0.1, 0.15) is 11.8 Å². The number of hydrogen-bond acceptors (Lipinski definition) is 5. The number of nitrogens with zero attached hydrogens (tertiary/aromatic N) is 2. The molecule has 0 aliphatic carbocycles. The van der Waals surface area contributed by atoms with Gasteiger partial charge in [-0.3, -0.25) is 9.59 Å². The first-order valence-electron chi connectivity index (χ1n) is 12.8. The molecule has 0 aromatic heterocycles. The predicted octanol–water partition coefficient (Wildman–Crippen LogP) is 4.00. The fraction of sp³-hybridized carbons (Fsp3) is 0.333. The molecule has 3 aromatic rings. The minimum Gasteiger partial charge on any atom is -0.497 e. The van der Waals surface area contributed by atoms with Crippen molar-refractivity contribution in [3.05, 3.63) is 102 Å². The second kappa shape index (κ2) is 13.9. The Bertz CT molecular complexity index is 1310. The van der Waals surface area contributed by atoms with Crippen LogP contribution in [0.1, 0.15) is 36.6 Å². The minimum absolute atomic E-state index is 0.0390. The van der Waals surface area contributed by atoms with Crippen LogP contribution in [0.4, 0.5) is 0 Å². The number of benzene rings is 3. The van der Waals surface area contributed by atoms with E-state index >= 15 is 0 Å². The molecular formula is C30H37N3O5S. The van der Waals surface area contributed by atoms with E-state index in [9.17, 15) is 18.0 Å². The van der Waals surface area contributed by atoms with E-state index in [1.165, 1.54) is 4.90 Å². The van der Waals surface area contributed by atoms with Crippen LogP contribution in [0.25, 0.3) is 0 Å². The van der Waals surface area contributed by atoms with E-state index in [1.54, 1.807) is 31.4 Å². The standard InChI is InChI=1S/C30H37N3O5S/c1-23(2)19-31-30(35)29(26-13-9-6-10-14-26)33(21-25-15-17-27(38-3)18-16-25)28(34)22-32(39(4,36)37)20-24-11-7-5-8-12-24/h5-18,23,29H,19-22H2,1-4H3,(H,31,35)/t29-/m1/s1. The fourth-order valence-corrected chi connectivity index (χ4v) is 4.81. The molecule has 0 aliphatic heterocycles. The molecule has 0 unspecified atom stereocenters. The van der Waals surface area contributed by atoms with Crippen LogP contribution in [-0.2, 0) is 32.7 Å². The molecule has 1 atom stereocenters. The Morgan fingerprint density at radius 2 is 1.41 bits per heavy atom. The molecule has 0 heterocycles. The van der Waals surface area contributed by atoms with Crippen molar-refractivity contribution in [2.75, 3.05) is 26.5 Å². The third-order valence-corrected chi connectivity index (χ3v) is 7.37. The van der Waals surface area contributed by atoms with Crippen molar-refractivity contribution in [3.8, 4) is 5.75 Å². The highest BCUT2D eigenvalue weighted by atomic mass is 32.2. The first-order valence-corrected chi connectivity index (χ1v) is 14.7. The number of hydrogen-bond donors (Lipinski definition) is 1. The van der Waals surface area contributed by atoms with Gasteiger partial charge in [-0.25, -0.2) is 8.42 Å². The van der Waals surface area contributed by atoms with Crippen LogP contribution in [0.15, 0.2) is 84.9 Å². The normalized spacial score (nSPS) is 12.3. The molecule has 3 aromatic carbocycles. The van der Waals surface area contributed by atoms with E-state index in [-0.39, 0.29) is 24.9 Å². The summed E-state index contributed by atoms with van der Waals surface area (Å²) in [6, 6.07) is 24.4. The smallest absolute Gasteiger partial charge is 0.247 e. The van der Waals surface area contributed by atoms with Gasteiger partial charge in [0.2, 0.25) is 21.8 Å². The van der Waals surface area contributed by atoms with Gasteiger partial charge in [-0.2, -0.15) is 4.31 Å². The number of carbonyl (C=O) groups excluding carboxylic acids is 2. The van der Waals surface area contributed by atoms with Crippen molar-refractivity contribution in [3.63, 3.8) is 0 Å². The Labute approximate surface area is 231 Å². The number of sulfonamides is 1. The molecule has 0 bridgehead atoms. The summed E-state index contributed by atoms with van der Waals surface area (Å²) in [5, 5.41) is 2.96. The molecule has 0 saturated carbocycles. The largest absolute Gasteiger partial charge is 0.497 e. The van der Waals surface area contributed by atoms with Gasteiger partial charge in [0, 0.05) is 19.6 Å². The third-order valence-electron chi connectivity index (χ3n) is 6.17. The second-order valence-electron chi connectivity index (χ2n) is 9.84. The first kappa shape index (κ1) is 29.9. The maximum Gasteiger partial charge on any atom is 0.247 e. The van der Waals surface area contributed by atoms with Crippen LogP contribution in [-0.4, -0.2) is 55.9 Å². The lowest BCUT2D eigenvalue weighted by atomic mass is 10.0. The molecular weight excluding hydrogens is 514 g/mol. The number of nitrogens with one attached hydrogen (secondary N) is 1. The second-order valence-corrected chi connectivity index (χ2v) is 11.8. The molecule has 208 valence electrons. The molecule has 2 amide bonds. The van der Waals surface area contributed by atoms with Gasteiger partial charge >= 0.3 is 0 Å². The van der Waals surface area contributed by atoms with Crippen LogP contribution < -0.4 is 10.1 Å². The summed E-state index contributed by atoms with van der Waals surface area (Å²) in [6.45, 7) is 4.15. The van der Waals surface area contributed by atoms with Gasteiger partial charge in [0.25, 0.3) is 0 Å². The maximum atomic E-state index is 14.0. The molecule has 0 fully saturated rings. The SMILES string of the molecule is COc1ccc(CN(C(=O)CN(Cc2ccccc2)S(C)(=O)=O)[C@@H](C(=O)NCC(C)C)c2ccccc2)cc1. The Morgan fingerprint density at radius 1 is 0.846 bits per heavy atom. The van der Waals surface area contributed by atoms with E-state index in [4.69, 9.17) is 4.74 Å². The molecule has 8 nitrogen and oxygen atoms in total.